The van der Waals surface area contributed by atoms with Crippen molar-refractivity contribution in [1.82, 2.24) is 0 Å². The minimum Gasteiger partial charge on any atom is -0.330 e. The van der Waals surface area contributed by atoms with Gasteiger partial charge in [0.15, 0.2) is 0 Å². The summed E-state index contributed by atoms with van der Waals surface area (Å²) in [6, 6.07) is 8.06. The summed E-state index contributed by atoms with van der Waals surface area (Å²) in [4.78, 5) is 11.8. The maximum absolute atomic E-state index is 11.8. The Hall–Kier alpha value is -1.35. The van der Waals surface area contributed by atoms with Gasteiger partial charge in [-0.1, -0.05) is 18.6 Å². The molecule has 0 unspecified atom stereocenters. The van der Waals surface area contributed by atoms with E-state index in [1.54, 1.807) is 0 Å². The average molecular weight is 232 g/mol. The van der Waals surface area contributed by atoms with E-state index in [2.05, 4.69) is 11.4 Å². The molecule has 1 saturated carbocycles. The number of carbonyl (C=O) groups excluding carboxylic acids is 1. The first kappa shape index (κ1) is 12.1. The fourth-order valence-corrected chi connectivity index (χ4v) is 2.03. The van der Waals surface area contributed by atoms with Crippen molar-refractivity contribution in [3.05, 3.63) is 29.8 Å². The molecule has 92 valence electrons. The molecule has 3 N–H and O–H groups in total. The van der Waals surface area contributed by atoms with Crippen molar-refractivity contribution >= 4 is 11.6 Å². The summed E-state index contributed by atoms with van der Waals surface area (Å²) in [7, 11) is 0. The second kappa shape index (κ2) is 5.82. The van der Waals surface area contributed by atoms with Crippen LogP contribution in [0, 0.1) is 5.92 Å². The summed E-state index contributed by atoms with van der Waals surface area (Å²) in [5.41, 5.74) is 7.64. The fraction of sp³-hybridized carbons (Fsp3) is 0.500. The van der Waals surface area contributed by atoms with Gasteiger partial charge in [-0.15, -0.1) is 0 Å². The van der Waals surface area contributed by atoms with Crippen LogP contribution in [0.5, 0.6) is 0 Å². The third-order valence-electron chi connectivity index (χ3n) is 3.34. The number of hydrogen-bond donors (Lipinski definition) is 2. The van der Waals surface area contributed by atoms with Crippen LogP contribution in [0.2, 0.25) is 0 Å². The standard InChI is InChI=1S/C14H20N2O/c15-9-3-5-11-4-1-8-13(10-11)16-14(17)12-6-2-7-12/h1,4,8,10,12H,2-3,5-7,9,15H2,(H,16,17). The normalized spacial score (nSPS) is 15.4. The van der Waals surface area contributed by atoms with Crippen molar-refractivity contribution in [3.63, 3.8) is 0 Å². The first-order chi connectivity index (χ1) is 8.29. The molecule has 3 nitrogen and oxygen atoms in total. The molecule has 3 heteroatoms. The molecule has 0 heterocycles. The molecule has 2 rings (SSSR count). The lowest BCUT2D eigenvalue weighted by molar-refractivity contribution is -0.122. The van der Waals surface area contributed by atoms with E-state index in [4.69, 9.17) is 5.73 Å². The lowest BCUT2D eigenvalue weighted by Crippen LogP contribution is -2.28. The van der Waals surface area contributed by atoms with Crippen LogP contribution in [0.4, 0.5) is 5.69 Å². The van der Waals surface area contributed by atoms with E-state index >= 15 is 0 Å². The molecule has 0 saturated heterocycles. The van der Waals surface area contributed by atoms with E-state index in [1.807, 2.05) is 18.2 Å². The van der Waals surface area contributed by atoms with Gasteiger partial charge in [-0.05, 0) is 49.9 Å². The van der Waals surface area contributed by atoms with Crippen molar-refractivity contribution < 1.29 is 4.79 Å². The van der Waals surface area contributed by atoms with Crippen LogP contribution in [-0.2, 0) is 11.2 Å². The van der Waals surface area contributed by atoms with Crippen molar-refractivity contribution in [2.75, 3.05) is 11.9 Å². The highest BCUT2D eigenvalue weighted by Crippen LogP contribution is 2.27. The summed E-state index contributed by atoms with van der Waals surface area (Å²) in [6.07, 6.45) is 5.23. The summed E-state index contributed by atoms with van der Waals surface area (Å²) in [6.45, 7) is 0.707. The molecular formula is C14H20N2O. The second-order valence-corrected chi connectivity index (χ2v) is 4.71. The van der Waals surface area contributed by atoms with Crippen molar-refractivity contribution in [2.45, 2.75) is 32.1 Å². The summed E-state index contributed by atoms with van der Waals surface area (Å²) in [5, 5.41) is 2.99. The molecule has 0 spiro atoms. The zero-order valence-electron chi connectivity index (χ0n) is 10.1. The third-order valence-corrected chi connectivity index (χ3v) is 3.34. The van der Waals surface area contributed by atoms with Gasteiger partial charge in [0.25, 0.3) is 0 Å². The number of benzene rings is 1. The molecule has 17 heavy (non-hydrogen) atoms. The van der Waals surface area contributed by atoms with Crippen LogP contribution < -0.4 is 11.1 Å². The predicted molar refractivity (Wildman–Crippen MR) is 69.8 cm³/mol. The minimum atomic E-state index is 0.173. The van der Waals surface area contributed by atoms with Gasteiger partial charge in [-0.25, -0.2) is 0 Å². The summed E-state index contributed by atoms with van der Waals surface area (Å²) < 4.78 is 0. The Bertz CT molecular complexity index is 386. The lowest BCUT2D eigenvalue weighted by atomic mass is 9.85. The Labute approximate surface area is 102 Å². The van der Waals surface area contributed by atoms with Gasteiger partial charge in [0.05, 0.1) is 0 Å². The summed E-state index contributed by atoms with van der Waals surface area (Å²) >= 11 is 0. The molecule has 1 aliphatic rings. The molecule has 0 atom stereocenters. The van der Waals surface area contributed by atoms with Gasteiger partial charge < -0.3 is 11.1 Å². The summed E-state index contributed by atoms with van der Waals surface area (Å²) in [5.74, 6) is 0.412. The van der Waals surface area contributed by atoms with E-state index in [9.17, 15) is 4.79 Å². The highest BCUT2D eigenvalue weighted by Gasteiger charge is 2.24. The molecule has 0 radical (unpaired) electrons. The highest BCUT2D eigenvalue weighted by molar-refractivity contribution is 5.93. The first-order valence-corrected chi connectivity index (χ1v) is 6.39. The van der Waals surface area contributed by atoms with E-state index in [1.165, 1.54) is 12.0 Å². The molecule has 0 aliphatic heterocycles. The number of amides is 1. The van der Waals surface area contributed by atoms with Crippen molar-refractivity contribution in [3.8, 4) is 0 Å². The second-order valence-electron chi connectivity index (χ2n) is 4.71. The molecule has 1 fully saturated rings. The molecule has 1 aliphatic carbocycles. The first-order valence-electron chi connectivity index (χ1n) is 6.39. The molecule has 1 amide bonds. The molecular weight excluding hydrogens is 212 g/mol. The molecule has 1 aromatic rings. The van der Waals surface area contributed by atoms with Gasteiger partial charge in [0.2, 0.25) is 5.91 Å². The zero-order chi connectivity index (χ0) is 12.1. The average Bonchev–Trinajstić information content (AvgIpc) is 2.24. The highest BCUT2D eigenvalue weighted by atomic mass is 16.1. The Balaban J connectivity index is 1.93. The van der Waals surface area contributed by atoms with E-state index in [0.29, 0.717) is 6.54 Å². The van der Waals surface area contributed by atoms with Gasteiger partial charge in [0.1, 0.15) is 0 Å². The Morgan fingerprint density at radius 1 is 1.41 bits per heavy atom. The SMILES string of the molecule is NCCCc1cccc(NC(=O)C2CCC2)c1. The van der Waals surface area contributed by atoms with Crippen LogP contribution in [0.1, 0.15) is 31.2 Å². The lowest BCUT2D eigenvalue weighted by Gasteiger charge is -2.24. The van der Waals surface area contributed by atoms with Gasteiger partial charge >= 0.3 is 0 Å². The van der Waals surface area contributed by atoms with E-state index in [0.717, 1.165) is 31.4 Å². The van der Waals surface area contributed by atoms with Gasteiger partial charge in [0, 0.05) is 11.6 Å². The molecule has 0 bridgehead atoms. The number of nitrogens with one attached hydrogen (secondary N) is 1. The quantitative estimate of drug-likeness (QED) is 0.818. The predicted octanol–water partition coefficient (Wildman–Crippen LogP) is 2.32. The number of hydrogen-bond acceptors (Lipinski definition) is 2. The van der Waals surface area contributed by atoms with Crippen LogP contribution in [0.25, 0.3) is 0 Å². The largest absolute Gasteiger partial charge is 0.330 e. The van der Waals surface area contributed by atoms with Crippen LogP contribution >= 0.6 is 0 Å². The zero-order valence-corrected chi connectivity index (χ0v) is 10.1. The third kappa shape index (κ3) is 3.30. The Kier molecular flexibility index (Phi) is 4.15. The van der Waals surface area contributed by atoms with E-state index < -0.39 is 0 Å². The van der Waals surface area contributed by atoms with Gasteiger partial charge in [-0.2, -0.15) is 0 Å². The van der Waals surface area contributed by atoms with Crippen LogP contribution in [-0.4, -0.2) is 12.5 Å². The number of anilines is 1. The Morgan fingerprint density at radius 2 is 2.24 bits per heavy atom. The van der Waals surface area contributed by atoms with Crippen LogP contribution in [0.15, 0.2) is 24.3 Å². The maximum Gasteiger partial charge on any atom is 0.227 e. The van der Waals surface area contributed by atoms with Crippen molar-refractivity contribution in [1.29, 1.82) is 0 Å². The maximum atomic E-state index is 11.8. The monoisotopic (exact) mass is 232 g/mol. The Morgan fingerprint density at radius 3 is 2.88 bits per heavy atom. The molecule has 1 aromatic carbocycles. The topological polar surface area (TPSA) is 55.1 Å². The minimum absolute atomic E-state index is 0.173. The van der Waals surface area contributed by atoms with Crippen LogP contribution in [0.3, 0.4) is 0 Å². The number of carbonyl (C=O) groups is 1. The van der Waals surface area contributed by atoms with Crippen molar-refractivity contribution in [2.24, 2.45) is 11.7 Å². The number of aryl methyl sites for hydroxylation is 1. The fourth-order valence-electron chi connectivity index (χ4n) is 2.03. The molecule has 0 aromatic heterocycles. The number of nitrogens with two attached hydrogens (primary N) is 1. The van der Waals surface area contributed by atoms with Gasteiger partial charge in [-0.3, -0.25) is 4.79 Å². The number of rotatable bonds is 5. The van der Waals surface area contributed by atoms with E-state index in [-0.39, 0.29) is 11.8 Å². The smallest absolute Gasteiger partial charge is 0.227 e.